The number of carbonyl (C=O) groups excluding carboxylic acids is 2. The van der Waals surface area contributed by atoms with Crippen LogP contribution >= 0.6 is 0 Å². The lowest BCUT2D eigenvalue weighted by Crippen LogP contribution is -2.42. The number of aryl methyl sites for hydroxylation is 1. The number of nitrogens with zero attached hydrogens (tertiary/aromatic N) is 2. The number of carbonyl (C=O) groups is 2. The van der Waals surface area contributed by atoms with Crippen LogP contribution in [0.1, 0.15) is 43.7 Å². The fourth-order valence-corrected chi connectivity index (χ4v) is 3.64. The van der Waals surface area contributed by atoms with Crippen LogP contribution in [-0.2, 0) is 16.0 Å². The number of likely N-dealkylation sites (tertiary alicyclic amines) is 1. The highest BCUT2D eigenvalue weighted by Gasteiger charge is 2.22. The number of hydrogen-bond donors (Lipinski definition) is 0. The molecule has 0 spiro atoms. The van der Waals surface area contributed by atoms with Crippen LogP contribution in [0.3, 0.4) is 0 Å². The average molecular weight is 344 g/mol. The molecule has 25 heavy (non-hydrogen) atoms. The molecule has 1 fully saturated rings. The number of hydrogen-bond acceptors (Lipinski definition) is 3. The highest BCUT2D eigenvalue weighted by Crippen LogP contribution is 2.19. The van der Waals surface area contributed by atoms with Crippen molar-refractivity contribution in [3.63, 3.8) is 0 Å². The SMILES string of the molecule is CC(=O)CCC(=O)N(C)CC1CCCN(CCc2ccccc2C)C1. The second kappa shape index (κ2) is 9.71. The Morgan fingerprint density at radius 1 is 1.24 bits per heavy atom. The molecule has 0 aromatic heterocycles. The summed E-state index contributed by atoms with van der Waals surface area (Å²) in [4.78, 5) is 27.5. The van der Waals surface area contributed by atoms with Crippen molar-refractivity contribution in [2.24, 2.45) is 5.92 Å². The van der Waals surface area contributed by atoms with Gasteiger partial charge in [-0.2, -0.15) is 0 Å². The van der Waals surface area contributed by atoms with E-state index in [0.717, 1.165) is 32.6 Å². The molecule has 1 aliphatic rings. The number of rotatable bonds is 8. The molecule has 1 atom stereocenters. The Kier molecular flexibility index (Phi) is 7.63. The van der Waals surface area contributed by atoms with E-state index in [4.69, 9.17) is 0 Å². The zero-order valence-electron chi connectivity index (χ0n) is 16.0. The van der Waals surface area contributed by atoms with E-state index in [0.29, 0.717) is 18.8 Å². The van der Waals surface area contributed by atoms with Gasteiger partial charge in [-0.15, -0.1) is 0 Å². The van der Waals surface area contributed by atoms with Gasteiger partial charge in [-0.3, -0.25) is 4.79 Å². The van der Waals surface area contributed by atoms with Gasteiger partial charge in [0.2, 0.25) is 5.91 Å². The Hall–Kier alpha value is -1.68. The zero-order chi connectivity index (χ0) is 18.2. The maximum atomic E-state index is 12.1. The Morgan fingerprint density at radius 2 is 2.00 bits per heavy atom. The number of ketones is 1. The van der Waals surface area contributed by atoms with E-state index in [-0.39, 0.29) is 11.7 Å². The van der Waals surface area contributed by atoms with Gasteiger partial charge in [0.1, 0.15) is 5.78 Å². The number of amides is 1. The third kappa shape index (κ3) is 6.62. The summed E-state index contributed by atoms with van der Waals surface area (Å²) < 4.78 is 0. The summed E-state index contributed by atoms with van der Waals surface area (Å²) in [6, 6.07) is 8.60. The Balaban J connectivity index is 1.77. The molecular weight excluding hydrogens is 312 g/mol. The molecule has 4 nitrogen and oxygen atoms in total. The van der Waals surface area contributed by atoms with Crippen molar-refractivity contribution < 1.29 is 9.59 Å². The first-order valence-corrected chi connectivity index (χ1v) is 9.46. The second-order valence-electron chi connectivity index (χ2n) is 7.46. The maximum Gasteiger partial charge on any atom is 0.222 e. The Morgan fingerprint density at radius 3 is 2.72 bits per heavy atom. The number of piperidine rings is 1. The van der Waals surface area contributed by atoms with Crippen LogP contribution in [-0.4, -0.2) is 54.7 Å². The van der Waals surface area contributed by atoms with Crippen LogP contribution < -0.4 is 0 Å². The number of Topliss-reactive ketones (excluding diaryl/α,β-unsaturated/α-hetero) is 1. The van der Waals surface area contributed by atoms with E-state index in [1.54, 1.807) is 6.92 Å². The molecule has 4 heteroatoms. The van der Waals surface area contributed by atoms with Gasteiger partial charge in [-0.1, -0.05) is 24.3 Å². The molecule has 0 bridgehead atoms. The van der Waals surface area contributed by atoms with Crippen LogP contribution in [0.15, 0.2) is 24.3 Å². The minimum atomic E-state index is 0.0850. The van der Waals surface area contributed by atoms with E-state index in [1.165, 1.54) is 24.0 Å². The lowest BCUT2D eigenvalue weighted by molar-refractivity contribution is -0.132. The van der Waals surface area contributed by atoms with Crippen LogP contribution in [0.4, 0.5) is 0 Å². The minimum Gasteiger partial charge on any atom is -0.345 e. The monoisotopic (exact) mass is 344 g/mol. The van der Waals surface area contributed by atoms with Crippen molar-refractivity contribution in [1.82, 2.24) is 9.80 Å². The summed E-state index contributed by atoms with van der Waals surface area (Å²) in [5.74, 6) is 0.714. The number of benzene rings is 1. The van der Waals surface area contributed by atoms with Crippen LogP contribution in [0.25, 0.3) is 0 Å². The van der Waals surface area contributed by atoms with Gasteiger partial charge in [0.25, 0.3) is 0 Å². The molecule has 0 saturated carbocycles. The van der Waals surface area contributed by atoms with Gasteiger partial charge < -0.3 is 14.6 Å². The van der Waals surface area contributed by atoms with E-state index in [9.17, 15) is 9.59 Å². The maximum absolute atomic E-state index is 12.1. The average Bonchev–Trinajstić information content (AvgIpc) is 2.59. The van der Waals surface area contributed by atoms with E-state index in [1.807, 2.05) is 11.9 Å². The highest BCUT2D eigenvalue weighted by molar-refractivity contribution is 5.83. The molecular formula is C21H32N2O2. The Bertz CT molecular complexity index is 585. The second-order valence-corrected chi connectivity index (χ2v) is 7.46. The molecule has 1 heterocycles. The summed E-state index contributed by atoms with van der Waals surface area (Å²) in [6.45, 7) is 7.83. The van der Waals surface area contributed by atoms with E-state index in [2.05, 4.69) is 36.1 Å². The third-order valence-corrected chi connectivity index (χ3v) is 5.21. The fraction of sp³-hybridized carbons (Fsp3) is 0.619. The van der Waals surface area contributed by atoms with E-state index < -0.39 is 0 Å². The molecule has 1 amide bonds. The van der Waals surface area contributed by atoms with Gasteiger partial charge in [0.15, 0.2) is 0 Å². The quantitative estimate of drug-likeness (QED) is 0.728. The molecule has 1 unspecified atom stereocenters. The van der Waals surface area contributed by atoms with Gasteiger partial charge in [0.05, 0.1) is 0 Å². The van der Waals surface area contributed by atoms with Gasteiger partial charge in [-0.05, 0) is 56.7 Å². The van der Waals surface area contributed by atoms with Crippen molar-refractivity contribution >= 4 is 11.7 Å². The largest absolute Gasteiger partial charge is 0.345 e. The summed E-state index contributed by atoms with van der Waals surface area (Å²) in [7, 11) is 1.87. The molecule has 0 radical (unpaired) electrons. The van der Waals surface area contributed by atoms with Crippen LogP contribution in [0, 0.1) is 12.8 Å². The first-order valence-electron chi connectivity index (χ1n) is 9.46. The summed E-state index contributed by atoms with van der Waals surface area (Å²) >= 11 is 0. The van der Waals surface area contributed by atoms with Crippen molar-refractivity contribution in [3.05, 3.63) is 35.4 Å². The first kappa shape index (κ1) is 19.6. The van der Waals surface area contributed by atoms with Crippen LogP contribution in [0.2, 0.25) is 0 Å². The smallest absolute Gasteiger partial charge is 0.222 e. The van der Waals surface area contributed by atoms with Crippen LogP contribution in [0.5, 0.6) is 0 Å². The van der Waals surface area contributed by atoms with Crippen molar-refractivity contribution in [2.75, 3.05) is 33.2 Å². The van der Waals surface area contributed by atoms with E-state index >= 15 is 0 Å². The lowest BCUT2D eigenvalue weighted by atomic mass is 9.96. The van der Waals surface area contributed by atoms with Crippen molar-refractivity contribution in [2.45, 2.75) is 46.0 Å². The third-order valence-electron chi connectivity index (χ3n) is 5.21. The van der Waals surface area contributed by atoms with Crippen molar-refractivity contribution in [1.29, 1.82) is 0 Å². The molecule has 1 aromatic rings. The van der Waals surface area contributed by atoms with Gasteiger partial charge in [0, 0.05) is 39.5 Å². The normalized spacial score (nSPS) is 18.1. The van der Waals surface area contributed by atoms with Crippen molar-refractivity contribution in [3.8, 4) is 0 Å². The molecule has 138 valence electrons. The minimum absolute atomic E-state index is 0.0850. The molecule has 1 saturated heterocycles. The molecule has 0 N–H and O–H groups in total. The lowest BCUT2D eigenvalue weighted by Gasteiger charge is -2.35. The molecule has 0 aliphatic carbocycles. The summed E-state index contributed by atoms with van der Waals surface area (Å²) in [6.07, 6.45) is 4.18. The zero-order valence-corrected chi connectivity index (χ0v) is 16.0. The van der Waals surface area contributed by atoms with Gasteiger partial charge in [-0.25, -0.2) is 0 Å². The fourth-order valence-electron chi connectivity index (χ4n) is 3.64. The highest BCUT2D eigenvalue weighted by atomic mass is 16.2. The van der Waals surface area contributed by atoms with Gasteiger partial charge >= 0.3 is 0 Å². The predicted molar refractivity (Wildman–Crippen MR) is 102 cm³/mol. The summed E-state index contributed by atoms with van der Waals surface area (Å²) in [5.41, 5.74) is 2.80. The Labute approximate surface area is 152 Å². The molecule has 2 rings (SSSR count). The standard InChI is InChI=1S/C21H32N2O2/c1-17-7-4-5-9-20(17)12-14-23-13-6-8-19(16-23)15-22(3)21(25)11-10-18(2)24/h4-5,7,9,19H,6,8,10-16H2,1-3H3. The predicted octanol–water partition coefficient (Wildman–Crippen LogP) is 3.08. The first-order chi connectivity index (χ1) is 12.0. The topological polar surface area (TPSA) is 40.6 Å². The molecule has 1 aliphatic heterocycles. The summed E-state index contributed by atoms with van der Waals surface area (Å²) in [5, 5.41) is 0. The molecule has 1 aromatic carbocycles.